The molecule has 1 aromatic rings. The quantitative estimate of drug-likeness (QED) is 0.888. The van der Waals surface area contributed by atoms with Gasteiger partial charge in [0.1, 0.15) is 5.60 Å². The van der Waals surface area contributed by atoms with Crippen molar-refractivity contribution in [1.29, 1.82) is 0 Å². The predicted molar refractivity (Wildman–Crippen MR) is 73.6 cm³/mol. The Bertz CT molecular complexity index is 489. The molecule has 1 atom stereocenters. The summed E-state index contributed by atoms with van der Waals surface area (Å²) in [6.45, 7) is 4.51. The van der Waals surface area contributed by atoms with Crippen molar-refractivity contribution in [2.45, 2.75) is 57.6 Å². The molecule has 0 bridgehead atoms. The minimum absolute atomic E-state index is 0.0627. The van der Waals surface area contributed by atoms with Gasteiger partial charge in [-0.15, -0.1) is 0 Å². The van der Waals surface area contributed by atoms with Gasteiger partial charge in [-0.25, -0.2) is 9.97 Å². The van der Waals surface area contributed by atoms with Crippen LogP contribution in [0.3, 0.4) is 0 Å². The second-order valence-corrected chi connectivity index (χ2v) is 6.80. The van der Waals surface area contributed by atoms with E-state index in [-0.39, 0.29) is 17.1 Å². The summed E-state index contributed by atoms with van der Waals surface area (Å²) in [5.74, 6) is 0.852. The van der Waals surface area contributed by atoms with E-state index in [4.69, 9.17) is 15.5 Å². The van der Waals surface area contributed by atoms with Crippen molar-refractivity contribution >= 4 is 0 Å². The number of hydrogen-bond donors (Lipinski definition) is 1. The summed E-state index contributed by atoms with van der Waals surface area (Å²) in [6, 6.07) is 0.0627. The highest BCUT2D eigenvalue weighted by molar-refractivity contribution is 5.27. The molecule has 1 saturated carbocycles. The van der Waals surface area contributed by atoms with E-state index >= 15 is 0 Å². The number of ether oxygens (including phenoxy) is 1. The van der Waals surface area contributed by atoms with Gasteiger partial charge in [-0.05, 0) is 37.5 Å². The third kappa shape index (κ3) is 2.07. The maximum Gasteiger partial charge on any atom is 0.160 e. The molecule has 0 aromatic carbocycles. The monoisotopic (exact) mass is 261 g/mol. The Morgan fingerprint density at radius 1 is 1.37 bits per heavy atom. The molecule has 2 aliphatic carbocycles. The number of fused-ring (bicyclic) bond motifs is 1. The Labute approximate surface area is 114 Å². The Hall–Kier alpha value is -1.00. The molecule has 0 aliphatic heterocycles. The Morgan fingerprint density at radius 3 is 2.68 bits per heavy atom. The van der Waals surface area contributed by atoms with E-state index < -0.39 is 0 Å². The number of hydrogen-bond acceptors (Lipinski definition) is 4. The number of rotatable bonds is 2. The van der Waals surface area contributed by atoms with Gasteiger partial charge in [0.2, 0.25) is 0 Å². The summed E-state index contributed by atoms with van der Waals surface area (Å²) < 4.78 is 5.67. The number of methoxy groups -OCH3 is 1. The zero-order valence-corrected chi connectivity index (χ0v) is 12.1. The van der Waals surface area contributed by atoms with Crippen LogP contribution in [-0.2, 0) is 16.8 Å². The van der Waals surface area contributed by atoms with Gasteiger partial charge < -0.3 is 10.5 Å². The van der Waals surface area contributed by atoms with Crippen LogP contribution < -0.4 is 5.73 Å². The van der Waals surface area contributed by atoms with E-state index in [1.54, 1.807) is 7.11 Å². The molecule has 4 heteroatoms. The van der Waals surface area contributed by atoms with Crippen LogP contribution in [0.15, 0.2) is 6.20 Å². The SMILES string of the molecule is COC1(c2ncc3c(n2)CC(C)(C)CC3N)CCC1. The minimum atomic E-state index is -0.235. The van der Waals surface area contributed by atoms with Crippen molar-refractivity contribution in [2.24, 2.45) is 11.1 Å². The lowest BCUT2D eigenvalue weighted by Gasteiger charge is -2.40. The normalized spacial score (nSPS) is 27.5. The summed E-state index contributed by atoms with van der Waals surface area (Å²) >= 11 is 0. The highest BCUT2D eigenvalue weighted by Crippen LogP contribution is 2.44. The standard InChI is InChI=1S/C15H23N3O/c1-14(2)7-11(16)10-9-17-13(18-12(10)8-14)15(19-3)5-4-6-15/h9,11H,4-8,16H2,1-3H3. The van der Waals surface area contributed by atoms with Crippen LogP contribution in [0.2, 0.25) is 0 Å². The molecule has 1 fully saturated rings. The van der Waals surface area contributed by atoms with Gasteiger partial charge in [-0.2, -0.15) is 0 Å². The molecule has 0 amide bonds. The summed E-state index contributed by atoms with van der Waals surface area (Å²) in [6.07, 6.45) is 7.15. The number of nitrogens with two attached hydrogens (primary N) is 1. The fourth-order valence-electron chi connectivity index (χ4n) is 3.34. The summed E-state index contributed by atoms with van der Waals surface area (Å²) in [4.78, 5) is 9.35. The smallest absolute Gasteiger partial charge is 0.160 e. The minimum Gasteiger partial charge on any atom is -0.370 e. The highest BCUT2D eigenvalue weighted by atomic mass is 16.5. The van der Waals surface area contributed by atoms with E-state index in [0.717, 1.165) is 42.8 Å². The van der Waals surface area contributed by atoms with Gasteiger partial charge in [-0.1, -0.05) is 13.8 Å². The van der Waals surface area contributed by atoms with Crippen LogP contribution in [0.5, 0.6) is 0 Å². The Kier molecular flexibility index (Phi) is 2.91. The molecule has 2 N–H and O–H groups in total. The molecule has 0 spiro atoms. The Balaban J connectivity index is 1.99. The first kappa shape index (κ1) is 13.0. The molecular weight excluding hydrogens is 238 g/mol. The van der Waals surface area contributed by atoms with E-state index in [1.807, 2.05) is 6.20 Å². The molecule has 19 heavy (non-hydrogen) atoms. The van der Waals surface area contributed by atoms with Crippen LogP contribution in [0.1, 0.15) is 62.7 Å². The molecular formula is C15H23N3O. The van der Waals surface area contributed by atoms with Gasteiger partial charge in [0.25, 0.3) is 0 Å². The zero-order valence-electron chi connectivity index (χ0n) is 12.1. The average Bonchev–Trinajstić information content (AvgIpc) is 2.26. The van der Waals surface area contributed by atoms with Gasteiger partial charge in [0, 0.05) is 30.6 Å². The van der Waals surface area contributed by atoms with Crippen LogP contribution in [0.4, 0.5) is 0 Å². The van der Waals surface area contributed by atoms with E-state index in [1.165, 1.54) is 6.42 Å². The van der Waals surface area contributed by atoms with Gasteiger partial charge in [0.05, 0.1) is 0 Å². The van der Waals surface area contributed by atoms with Crippen molar-refractivity contribution in [1.82, 2.24) is 9.97 Å². The molecule has 1 heterocycles. The zero-order chi connectivity index (χ0) is 13.7. The second kappa shape index (κ2) is 4.25. The first-order valence-corrected chi connectivity index (χ1v) is 7.13. The molecule has 104 valence electrons. The molecule has 4 nitrogen and oxygen atoms in total. The summed E-state index contributed by atoms with van der Waals surface area (Å²) in [5.41, 5.74) is 8.47. The molecule has 0 radical (unpaired) electrons. The third-order valence-corrected chi connectivity index (χ3v) is 4.68. The van der Waals surface area contributed by atoms with Crippen LogP contribution in [0, 0.1) is 5.41 Å². The van der Waals surface area contributed by atoms with Crippen molar-refractivity contribution in [3.63, 3.8) is 0 Å². The van der Waals surface area contributed by atoms with Crippen molar-refractivity contribution in [3.8, 4) is 0 Å². The topological polar surface area (TPSA) is 61.0 Å². The third-order valence-electron chi connectivity index (χ3n) is 4.68. The number of nitrogens with zero attached hydrogens (tertiary/aromatic N) is 2. The van der Waals surface area contributed by atoms with Gasteiger partial charge >= 0.3 is 0 Å². The first-order chi connectivity index (χ1) is 8.96. The molecule has 3 rings (SSSR count). The van der Waals surface area contributed by atoms with Gasteiger partial charge in [0.15, 0.2) is 5.82 Å². The van der Waals surface area contributed by atoms with Crippen molar-refractivity contribution in [2.75, 3.05) is 7.11 Å². The molecule has 1 aromatic heterocycles. The van der Waals surface area contributed by atoms with Crippen molar-refractivity contribution in [3.05, 3.63) is 23.3 Å². The summed E-state index contributed by atoms with van der Waals surface area (Å²) in [5, 5.41) is 0. The Morgan fingerprint density at radius 2 is 2.11 bits per heavy atom. The average molecular weight is 261 g/mol. The molecule has 1 unspecified atom stereocenters. The van der Waals surface area contributed by atoms with Gasteiger partial charge in [-0.3, -0.25) is 0 Å². The lowest BCUT2D eigenvalue weighted by molar-refractivity contribution is -0.0849. The molecule has 2 aliphatic rings. The lowest BCUT2D eigenvalue weighted by atomic mass is 9.74. The highest BCUT2D eigenvalue weighted by Gasteiger charge is 2.42. The van der Waals surface area contributed by atoms with E-state index in [2.05, 4.69) is 18.8 Å². The summed E-state index contributed by atoms with van der Waals surface area (Å²) in [7, 11) is 1.76. The largest absolute Gasteiger partial charge is 0.370 e. The fourth-order valence-corrected chi connectivity index (χ4v) is 3.34. The molecule has 0 saturated heterocycles. The second-order valence-electron chi connectivity index (χ2n) is 6.80. The van der Waals surface area contributed by atoms with Crippen LogP contribution in [-0.4, -0.2) is 17.1 Å². The maximum atomic E-state index is 6.25. The van der Waals surface area contributed by atoms with Crippen molar-refractivity contribution < 1.29 is 4.74 Å². The lowest BCUT2D eigenvalue weighted by Crippen LogP contribution is -2.39. The fraction of sp³-hybridized carbons (Fsp3) is 0.733. The maximum absolute atomic E-state index is 6.25. The van der Waals surface area contributed by atoms with Crippen LogP contribution in [0.25, 0.3) is 0 Å². The predicted octanol–water partition coefficient (Wildman–Crippen LogP) is 2.47. The van der Waals surface area contributed by atoms with E-state index in [9.17, 15) is 0 Å². The van der Waals surface area contributed by atoms with Crippen LogP contribution >= 0.6 is 0 Å². The number of aromatic nitrogens is 2. The van der Waals surface area contributed by atoms with E-state index in [0.29, 0.717) is 0 Å². The first-order valence-electron chi connectivity index (χ1n) is 7.13.